The molecule has 3 heterocycles. The zero-order chi connectivity index (χ0) is 33.8. The maximum atomic E-state index is 14.0. The fourth-order valence-corrected chi connectivity index (χ4v) is 8.46. The summed E-state index contributed by atoms with van der Waals surface area (Å²) in [4.78, 5) is 67.7. The second-order valence-corrected chi connectivity index (χ2v) is 13.2. The molecular weight excluding hydrogens is 659 g/mol. The standard InChI is InChI=1S/C31H24F3N5O6S2/c1-36(2)19-8-6-16(7-9-19)23-24-25(28(42)38(27(24)41)20-10-12-21(13-11-20)39(44)45)46-29-26(23)47-30(43)37(29)15-22(40)35-18-5-3-4-17(14-18)31(32,33)34/h3-14,23-25H,15H2,1-2H3,(H,35,40)/t23-,24-,25+/m0/s1. The molecule has 1 aromatic heterocycles. The number of anilines is 3. The Hall–Kier alpha value is -4.96. The molecule has 1 saturated heterocycles. The largest absolute Gasteiger partial charge is 0.416 e. The predicted octanol–water partition coefficient (Wildman–Crippen LogP) is 5.34. The summed E-state index contributed by atoms with van der Waals surface area (Å²) >= 11 is 1.80. The van der Waals surface area contributed by atoms with Crippen molar-refractivity contribution in [3.05, 3.63) is 109 Å². The summed E-state index contributed by atoms with van der Waals surface area (Å²) in [6.45, 7) is -0.550. The van der Waals surface area contributed by atoms with Gasteiger partial charge in [-0.1, -0.05) is 41.3 Å². The van der Waals surface area contributed by atoms with Crippen molar-refractivity contribution in [1.29, 1.82) is 0 Å². The van der Waals surface area contributed by atoms with Crippen LogP contribution in [0.4, 0.5) is 35.9 Å². The number of nitro benzene ring substituents is 1. The van der Waals surface area contributed by atoms with Crippen LogP contribution < -0.4 is 20.0 Å². The van der Waals surface area contributed by atoms with Gasteiger partial charge >= 0.3 is 11.0 Å². The SMILES string of the molecule is CN(C)c1ccc([C@@H]2c3sc(=O)n(CC(=O)Nc4cccc(C(F)(F)F)c4)c3S[C@H]3C(=O)N(c4ccc([N+](=O)[O-])cc4)C(=O)[C@@H]23)cc1. The molecule has 2 aliphatic heterocycles. The first-order valence-electron chi connectivity index (χ1n) is 14.0. The lowest BCUT2D eigenvalue weighted by Gasteiger charge is -2.31. The summed E-state index contributed by atoms with van der Waals surface area (Å²) in [6, 6.07) is 16.4. The third-order valence-electron chi connectivity index (χ3n) is 7.91. The van der Waals surface area contributed by atoms with Crippen LogP contribution in [0.3, 0.4) is 0 Å². The summed E-state index contributed by atoms with van der Waals surface area (Å²) < 4.78 is 40.8. The first-order chi connectivity index (χ1) is 22.2. The van der Waals surface area contributed by atoms with Crippen LogP contribution in [-0.4, -0.2) is 46.6 Å². The number of aromatic nitrogens is 1. The van der Waals surface area contributed by atoms with Gasteiger partial charge in [0, 0.05) is 48.4 Å². The highest BCUT2D eigenvalue weighted by atomic mass is 32.2. The zero-order valence-corrected chi connectivity index (χ0v) is 26.2. The molecule has 1 fully saturated rings. The molecule has 0 aliphatic carbocycles. The molecule has 242 valence electrons. The number of thiazole rings is 1. The molecule has 16 heteroatoms. The van der Waals surface area contributed by atoms with Gasteiger partial charge < -0.3 is 10.2 Å². The summed E-state index contributed by atoms with van der Waals surface area (Å²) in [7, 11) is 3.72. The van der Waals surface area contributed by atoms with Gasteiger partial charge in [-0.2, -0.15) is 13.2 Å². The number of nitro groups is 1. The molecule has 11 nitrogen and oxygen atoms in total. The van der Waals surface area contributed by atoms with E-state index in [2.05, 4.69) is 5.32 Å². The first kappa shape index (κ1) is 32.0. The molecule has 0 radical (unpaired) electrons. The Bertz CT molecular complexity index is 1970. The van der Waals surface area contributed by atoms with Crippen LogP contribution in [-0.2, 0) is 27.1 Å². The van der Waals surface area contributed by atoms with E-state index in [9.17, 15) is 42.5 Å². The number of thioether (sulfide) groups is 1. The lowest BCUT2D eigenvalue weighted by molar-refractivity contribution is -0.384. The van der Waals surface area contributed by atoms with Crippen LogP contribution in [0, 0.1) is 16.0 Å². The lowest BCUT2D eigenvalue weighted by Crippen LogP contribution is -2.33. The van der Waals surface area contributed by atoms with Gasteiger partial charge in [-0.3, -0.25) is 33.9 Å². The van der Waals surface area contributed by atoms with Gasteiger partial charge in [0.25, 0.3) is 5.69 Å². The zero-order valence-electron chi connectivity index (χ0n) is 24.6. The minimum absolute atomic E-state index is 0.108. The van der Waals surface area contributed by atoms with Gasteiger partial charge in [0.2, 0.25) is 17.7 Å². The minimum Gasteiger partial charge on any atom is -0.378 e. The number of rotatable bonds is 7. The molecule has 3 atom stereocenters. The van der Waals surface area contributed by atoms with Gasteiger partial charge in [-0.15, -0.1) is 0 Å². The van der Waals surface area contributed by atoms with Crippen molar-refractivity contribution in [2.45, 2.75) is 28.9 Å². The van der Waals surface area contributed by atoms with Crippen LogP contribution >= 0.6 is 23.1 Å². The highest BCUT2D eigenvalue weighted by Crippen LogP contribution is 2.54. The van der Waals surface area contributed by atoms with E-state index in [0.29, 0.717) is 15.5 Å². The number of fused-ring (bicyclic) bond motifs is 2. The Morgan fingerprint density at radius 2 is 1.68 bits per heavy atom. The quantitative estimate of drug-likeness (QED) is 0.157. The van der Waals surface area contributed by atoms with E-state index in [0.717, 1.165) is 56.5 Å². The Morgan fingerprint density at radius 1 is 1.00 bits per heavy atom. The van der Waals surface area contributed by atoms with Crippen LogP contribution in [0.15, 0.2) is 82.6 Å². The van der Waals surface area contributed by atoms with Crippen molar-refractivity contribution < 1.29 is 32.5 Å². The summed E-state index contributed by atoms with van der Waals surface area (Å²) in [6.07, 6.45) is -4.62. The lowest BCUT2D eigenvalue weighted by atomic mass is 9.83. The maximum absolute atomic E-state index is 14.0. The number of nitrogens with one attached hydrogen (secondary N) is 1. The molecule has 1 N–H and O–H groups in total. The van der Waals surface area contributed by atoms with Crippen molar-refractivity contribution in [3.63, 3.8) is 0 Å². The van der Waals surface area contributed by atoms with E-state index in [1.165, 1.54) is 30.3 Å². The number of hydrogen-bond donors (Lipinski definition) is 1. The fourth-order valence-electron chi connectivity index (χ4n) is 5.69. The normalized spacial score (nSPS) is 18.9. The monoisotopic (exact) mass is 683 g/mol. The number of carbonyl (C=O) groups is 3. The second-order valence-electron chi connectivity index (χ2n) is 11.1. The van der Waals surface area contributed by atoms with Crippen molar-refractivity contribution in [2.75, 3.05) is 29.2 Å². The van der Waals surface area contributed by atoms with E-state index >= 15 is 0 Å². The van der Waals surface area contributed by atoms with Crippen molar-refractivity contribution >= 4 is 63.6 Å². The molecule has 3 aromatic carbocycles. The van der Waals surface area contributed by atoms with E-state index < -0.39 is 62.9 Å². The number of non-ortho nitro benzene ring substituents is 1. The first-order valence-corrected chi connectivity index (χ1v) is 15.7. The maximum Gasteiger partial charge on any atom is 0.416 e. The predicted molar refractivity (Wildman–Crippen MR) is 170 cm³/mol. The van der Waals surface area contributed by atoms with E-state index in [-0.39, 0.29) is 17.1 Å². The van der Waals surface area contributed by atoms with Crippen LogP contribution in [0.25, 0.3) is 0 Å². The molecule has 3 amide bonds. The Labute approximate surface area is 272 Å². The van der Waals surface area contributed by atoms with Crippen LogP contribution in [0.5, 0.6) is 0 Å². The molecule has 47 heavy (non-hydrogen) atoms. The molecule has 2 aliphatic rings. The molecule has 0 spiro atoms. The average molecular weight is 684 g/mol. The number of amides is 3. The van der Waals surface area contributed by atoms with Gasteiger partial charge in [-0.25, -0.2) is 4.90 Å². The summed E-state index contributed by atoms with van der Waals surface area (Å²) in [5.74, 6) is -3.58. The van der Waals surface area contributed by atoms with Gasteiger partial charge in [0.05, 0.1) is 27.1 Å². The number of nitrogens with zero attached hydrogens (tertiary/aromatic N) is 4. The average Bonchev–Trinajstić information content (AvgIpc) is 3.46. The molecule has 0 bridgehead atoms. The highest BCUT2D eigenvalue weighted by Gasteiger charge is 2.57. The van der Waals surface area contributed by atoms with Crippen molar-refractivity contribution in [1.82, 2.24) is 4.57 Å². The number of carbonyl (C=O) groups excluding carboxylic acids is 3. The minimum atomic E-state index is -4.62. The molecule has 4 aromatic rings. The van der Waals surface area contributed by atoms with Gasteiger partial charge in [0.15, 0.2) is 0 Å². The Morgan fingerprint density at radius 3 is 2.30 bits per heavy atom. The summed E-state index contributed by atoms with van der Waals surface area (Å²) in [5.41, 5.74) is 0.405. The topological polar surface area (TPSA) is 135 Å². The third-order valence-corrected chi connectivity index (χ3v) is 10.5. The second kappa shape index (κ2) is 12.0. The fraction of sp³-hybridized carbons (Fsp3) is 0.226. The highest BCUT2D eigenvalue weighted by molar-refractivity contribution is 8.00. The van der Waals surface area contributed by atoms with Gasteiger partial charge in [0.1, 0.15) is 11.8 Å². The van der Waals surface area contributed by atoms with Crippen LogP contribution in [0.1, 0.15) is 21.9 Å². The van der Waals surface area contributed by atoms with Crippen LogP contribution in [0.2, 0.25) is 0 Å². The van der Waals surface area contributed by atoms with Gasteiger partial charge in [-0.05, 0) is 48.0 Å². The smallest absolute Gasteiger partial charge is 0.378 e. The summed E-state index contributed by atoms with van der Waals surface area (Å²) in [5, 5.41) is 12.9. The molecule has 6 rings (SSSR count). The van der Waals surface area contributed by atoms with E-state index in [1.807, 2.05) is 31.1 Å². The van der Waals surface area contributed by atoms with Crippen molar-refractivity contribution in [3.8, 4) is 0 Å². The molecule has 0 saturated carbocycles. The molecule has 0 unspecified atom stereocenters. The Kier molecular flexibility index (Phi) is 8.17. The molecular formula is C31H24F3N5O6S2. The number of alkyl halides is 3. The Balaban J connectivity index is 1.38. The third kappa shape index (κ3) is 5.89. The number of hydrogen-bond acceptors (Lipinski definition) is 9. The number of benzene rings is 3. The number of imide groups is 1. The number of halogens is 3. The van der Waals surface area contributed by atoms with E-state index in [1.54, 1.807) is 12.1 Å². The van der Waals surface area contributed by atoms with E-state index in [4.69, 9.17) is 0 Å². The van der Waals surface area contributed by atoms with Crippen molar-refractivity contribution in [2.24, 2.45) is 5.92 Å².